The number of thiazole rings is 1. The Morgan fingerprint density at radius 3 is 2.77 bits per heavy atom. The van der Waals surface area contributed by atoms with Crippen molar-refractivity contribution < 1.29 is 9.59 Å². The van der Waals surface area contributed by atoms with E-state index in [1.54, 1.807) is 17.5 Å². The number of piperidine rings is 1. The van der Waals surface area contributed by atoms with Crippen molar-refractivity contribution in [3.63, 3.8) is 0 Å². The molecule has 1 saturated heterocycles. The van der Waals surface area contributed by atoms with E-state index in [9.17, 15) is 9.59 Å². The Labute approximate surface area is 163 Å². The molecule has 1 aliphatic rings. The van der Waals surface area contributed by atoms with Crippen LogP contribution in [0.4, 0.5) is 0 Å². The zero-order valence-electron chi connectivity index (χ0n) is 14.4. The number of nitrogens with two attached hydrogens (primary N) is 1. The molecule has 1 aliphatic heterocycles. The lowest BCUT2D eigenvalue weighted by atomic mass is 9.97. The second-order valence-electron chi connectivity index (χ2n) is 6.17. The summed E-state index contributed by atoms with van der Waals surface area (Å²) in [5, 5.41) is 5.51. The van der Waals surface area contributed by atoms with Crippen LogP contribution >= 0.6 is 23.7 Å². The summed E-state index contributed by atoms with van der Waals surface area (Å²) in [7, 11) is 0. The summed E-state index contributed by atoms with van der Waals surface area (Å²) < 4.78 is 0. The summed E-state index contributed by atoms with van der Waals surface area (Å²) >= 11 is 1.41. The van der Waals surface area contributed by atoms with Gasteiger partial charge in [-0.05, 0) is 30.9 Å². The molecule has 0 bridgehead atoms. The molecule has 2 amide bonds. The van der Waals surface area contributed by atoms with Gasteiger partial charge in [-0.3, -0.25) is 9.59 Å². The standard InChI is InChI=1S/C18H22N4O2S.ClH/c19-9-16-21-15(12-25-16)18(24)22-8-4-5-13(11-22)10-20-17(23)14-6-2-1-3-7-14;/h1-3,6-7,12-13H,4-5,8-11,19H2,(H,20,23);1H. The van der Waals surface area contributed by atoms with Crippen LogP contribution in [0.2, 0.25) is 0 Å². The number of hydrogen-bond acceptors (Lipinski definition) is 5. The van der Waals surface area contributed by atoms with E-state index in [2.05, 4.69) is 10.3 Å². The first-order valence-corrected chi connectivity index (χ1v) is 9.32. The zero-order chi connectivity index (χ0) is 17.6. The number of aromatic nitrogens is 1. The zero-order valence-corrected chi connectivity index (χ0v) is 16.0. The van der Waals surface area contributed by atoms with Crippen LogP contribution in [0.15, 0.2) is 35.7 Å². The topological polar surface area (TPSA) is 88.3 Å². The van der Waals surface area contributed by atoms with Crippen LogP contribution < -0.4 is 11.1 Å². The Morgan fingerprint density at radius 1 is 1.31 bits per heavy atom. The number of halogens is 1. The molecule has 26 heavy (non-hydrogen) atoms. The highest BCUT2D eigenvalue weighted by Gasteiger charge is 2.26. The van der Waals surface area contributed by atoms with Crippen LogP contribution in [0.5, 0.6) is 0 Å². The summed E-state index contributed by atoms with van der Waals surface area (Å²) in [6.07, 6.45) is 1.94. The molecule has 3 rings (SSSR count). The first kappa shape index (κ1) is 20.4. The molecule has 8 heteroatoms. The van der Waals surface area contributed by atoms with Gasteiger partial charge in [-0.25, -0.2) is 4.98 Å². The number of nitrogens with zero attached hydrogens (tertiary/aromatic N) is 2. The van der Waals surface area contributed by atoms with Gasteiger partial charge in [-0.15, -0.1) is 23.7 Å². The molecular weight excluding hydrogens is 372 g/mol. The van der Waals surface area contributed by atoms with Gasteiger partial charge in [-0.1, -0.05) is 18.2 Å². The molecule has 1 aromatic heterocycles. The average molecular weight is 395 g/mol. The highest BCUT2D eigenvalue weighted by atomic mass is 35.5. The number of nitrogens with one attached hydrogen (secondary N) is 1. The van der Waals surface area contributed by atoms with Gasteiger partial charge in [0.25, 0.3) is 11.8 Å². The molecule has 0 radical (unpaired) electrons. The molecule has 1 unspecified atom stereocenters. The minimum absolute atomic E-state index is 0. The summed E-state index contributed by atoms with van der Waals surface area (Å²) in [5.74, 6) is 0.143. The summed E-state index contributed by atoms with van der Waals surface area (Å²) in [5.41, 5.74) is 6.69. The number of likely N-dealkylation sites (tertiary alicyclic amines) is 1. The lowest BCUT2D eigenvalue weighted by Gasteiger charge is -2.32. The van der Waals surface area contributed by atoms with Crippen LogP contribution in [-0.2, 0) is 6.54 Å². The van der Waals surface area contributed by atoms with E-state index in [0.717, 1.165) is 24.4 Å². The average Bonchev–Trinajstić information content (AvgIpc) is 3.15. The van der Waals surface area contributed by atoms with E-state index in [0.29, 0.717) is 30.9 Å². The van der Waals surface area contributed by atoms with Crippen LogP contribution in [0, 0.1) is 5.92 Å². The first-order chi connectivity index (χ1) is 12.2. The minimum Gasteiger partial charge on any atom is -0.352 e. The first-order valence-electron chi connectivity index (χ1n) is 8.44. The van der Waals surface area contributed by atoms with Crippen molar-refractivity contribution in [1.29, 1.82) is 0 Å². The summed E-state index contributed by atoms with van der Waals surface area (Å²) in [6.45, 7) is 2.30. The van der Waals surface area contributed by atoms with E-state index in [1.807, 2.05) is 23.1 Å². The molecule has 3 N–H and O–H groups in total. The van der Waals surface area contributed by atoms with E-state index < -0.39 is 0 Å². The van der Waals surface area contributed by atoms with Gasteiger partial charge in [0.05, 0.1) is 0 Å². The van der Waals surface area contributed by atoms with Crippen molar-refractivity contribution in [2.24, 2.45) is 11.7 Å². The van der Waals surface area contributed by atoms with Crippen LogP contribution in [0.25, 0.3) is 0 Å². The van der Waals surface area contributed by atoms with Gasteiger partial charge in [0.15, 0.2) is 0 Å². The fourth-order valence-electron chi connectivity index (χ4n) is 3.01. The Hall–Kier alpha value is -1.96. The number of carbonyl (C=O) groups excluding carboxylic acids is 2. The fourth-order valence-corrected chi connectivity index (χ4v) is 3.66. The second-order valence-corrected chi connectivity index (χ2v) is 7.11. The van der Waals surface area contributed by atoms with Crippen molar-refractivity contribution >= 4 is 35.6 Å². The lowest BCUT2D eigenvalue weighted by Crippen LogP contribution is -2.43. The molecule has 1 aromatic carbocycles. The molecule has 2 heterocycles. The maximum atomic E-state index is 12.6. The van der Waals surface area contributed by atoms with Gasteiger partial charge >= 0.3 is 0 Å². The van der Waals surface area contributed by atoms with Crippen molar-refractivity contribution in [3.8, 4) is 0 Å². The van der Waals surface area contributed by atoms with Crippen molar-refractivity contribution in [1.82, 2.24) is 15.2 Å². The third-order valence-electron chi connectivity index (χ3n) is 4.34. The largest absolute Gasteiger partial charge is 0.352 e. The summed E-state index contributed by atoms with van der Waals surface area (Å²) in [6, 6.07) is 9.17. The molecule has 1 fully saturated rings. The van der Waals surface area contributed by atoms with E-state index in [-0.39, 0.29) is 30.1 Å². The maximum absolute atomic E-state index is 12.6. The summed E-state index contributed by atoms with van der Waals surface area (Å²) in [4.78, 5) is 30.8. The Bertz CT molecular complexity index is 738. The van der Waals surface area contributed by atoms with Crippen molar-refractivity contribution in [2.75, 3.05) is 19.6 Å². The molecule has 6 nitrogen and oxygen atoms in total. The van der Waals surface area contributed by atoms with Gasteiger partial charge in [0, 0.05) is 37.1 Å². The van der Waals surface area contributed by atoms with Crippen LogP contribution in [-0.4, -0.2) is 41.3 Å². The number of benzene rings is 1. The monoisotopic (exact) mass is 394 g/mol. The van der Waals surface area contributed by atoms with Gasteiger partial charge < -0.3 is 16.0 Å². The van der Waals surface area contributed by atoms with Crippen molar-refractivity contribution in [2.45, 2.75) is 19.4 Å². The number of carbonyl (C=O) groups is 2. The minimum atomic E-state index is -0.0730. The molecule has 1 atom stereocenters. The smallest absolute Gasteiger partial charge is 0.273 e. The predicted molar refractivity (Wildman–Crippen MR) is 105 cm³/mol. The molecule has 140 valence electrons. The third-order valence-corrected chi connectivity index (χ3v) is 5.21. The maximum Gasteiger partial charge on any atom is 0.273 e. The number of amides is 2. The SMILES string of the molecule is Cl.NCc1nc(C(=O)N2CCCC(CNC(=O)c3ccccc3)C2)cs1. The molecule has 0 aliphatic carbocycles. The second kappa shape index (κ2) is 9.66. The quantitative estimate of drug-likeness (QED) is 0.814. The van der Waals surface area contributed by atoms with Gasteiger partial charge in [0.1, 0.15) is 10.7 Å². The van der Waals surface area contributed by atoms with Gasteiger partial charge in [0.2, 0.25) is 0 Å². The van der Waals surface area contributed by atoms with E-state index in [1.165, 1.54) is 11.3 Å². The fraction of sp³-hybridized carbons (Fsp3) is 0.389. The van der Waals surface area contributed by atoms with E-state index in [4.69, 9.17) is 5.73 Å². The van der Waals surface area contributed by atoms with Crippen LogP contribution in [0.3, 0.4) is 0 Å². The van der Waals surface area contributed by atoms with Crippen molar-refractivity contribution in [3.05, 3.63) is 52.0 Å². The lowest BCUT2D eigenvalue weighted by molar-refractivity contribution is 0.0665. The Balaban J connectivity index is 0.00000243. The Kier molecular flexibility index (Phi) is 7.56. The van der Waals surface area contributed by atoms with Gasteiger partial charge in [-0.2, -0.15) is 0 Å². The van der Waals surface area contributed by atoms with Crippen LogP contribution in [0.1, 0.15) is 38.7 Å². The normalized spacial score (nSPS) is 16.7. The van der Waals surface area contributed by atoms with E-state index >= 15 is 0 Å². The number of hydrogen-bond donors (Lipinski definition) is 2. The third kappa shape index (κ3) is 5.03. The number of rotatable bonds is 5. The highest BCUT2D eigenvalue weighted by Crippen LogP contribution is 2.19. The predicted octanol–water partition coefficient (Wildman–Crippen LogP) is 2.31. The Morgan fingerprint density at radius 2 is 2.08 bits per heavy atom. The highest BCUT2D eigenvalue weighted by molar-refractivity contribution is 7.09. The molecule has 0 spiro atoms. The molecule has 0 saturated carbocycles. The molecule has 2 aromatic rings. The molecular formula is C18H23ClN4O2S.